The molecule has 0 aliphatic carbocycles. The Bertz CT molecular complexity index is 1140. The second-order valence-corrected chi connectivity index (χ2v) is 7.94. The van der Waals surface area contributed by atoms with Gasteiger partial charge < -0.3 is 24.3 Å². The molecule has 4 atom stereocenters. The Morgan fingerprint density at radius 2 is 1.89 bits per heavy atom. The van der Waals surface area contributed by atoms with Gasteiger partial charge in [0.2, 0.25) is 5.82 Å². The van der Waals surface area contributed by atoms with Crippen molar-refractivity contribution in [1.29, 1.82) is 0 Å². The lowest BCUT2D eigenvalue weighted by molar-refractivity contribution is -0.285. The van der Waals surface area contributed by atoms with E-state index in [4.69, 9.17) is 14.2 Å². The van der Waals surface area contributed by atoms with Crippen LogP contribution in [0, 0.1) is 11.6 Å². The average molecular weight is 518 g/mol. The number of methoxy groups -OCH3 is 2. The van der Waals surface area contributed by atoms with Gasteiger partial charge in [0.05, 0.1) is 20.1 Å². The maximum Gasteiger partial charge on any atom is 0.419 e. The molecule has 13 heteroatoms. The SMILES string of the molecule is CCO[C@H]1[C@@H](c2ccc(F)c(F)c2OC)[C@H](C(=O)Nc2ccnc(C(=O)OC)c2)O[C@@]1(C)C(F)(F)F. The van der Waals surface area contributed by atoms with E-state index in [1.165, 1.54) is 19.2 Å². The maximum atomic E-state index is 14.5. The second kappa shape index (κ2) is 10.3. The molecule has 1 N–H and O–H groups in total. The number of nitrogens with zero attached hydrogens (tertiary/aromatic N) is 1. The lowest BCUT2D eigenvalue weighted by Crippen LogP contribution is -2.52. The maximum absolute atomic E-state index is 14.5. The molecule has 0 spiro atoms. The third-order valence-electron chi connectivity index (χ3n) is 5.80. The quantitative estimate of drug-likeness (QED) is 0.437. The Hall–Kier alpha value is -3.32. The van der Waals surface area contributed by atoms with Crippen LogP contribution >= 0.6 is 0 Å². The standard InChI is InChI=1S/C23H23F5N2O6/c1-5-35-19-15(12-6-7-13(24)16(25)17(12)33-3)18(36-22(19,2)23(26,27)28)20(31)30-11-8-9-29-14(10-11)21(32)34-4/h6-10,15,18-19H,5H2,1-4H3,(H,29,30,31)/t15-,18+,19-,22+/m0/s1. The van der Waals surface area contributed by atoms with E-state index in [-0.39, 0.29) is 23.6 Å². The molecule has 1 aliphatic rings. The summed E-state index contributed by atoms with van der Waals surface area (Å²) in [7, 11) is 2.13. The van der Waals surface area contributed by atoms with Crippen molar-refractivity contribution in [3.8, 4) is 5.75 Å². The molecule has 0 bridgehead atoms. The Morgan fingerprint density at radius 1 is 1.19 bits per heavy atom. The molecular weight excluding hydrogens is 495 g/mol. The number of anilines is 1. The normalized spacial score (nSPS) is 23.9. The molecule has 8 nitrogen and oxygen atoms in total. The minimum absolute atomic E-state index is 0.00331. The van der Waals surface area contributed by atoms with Gasteiger partial charge in [-0.05, 0) is 32.0 Å². The molecule has 1 saturated heterocycles. The number of nitrogens with one attached hydrogen (secondary N) is 1. The number of aromatic nitrogens is 1. The van der Waals surface area contributed by atoms with Crippen LogP contribution in [-0.4, -0.2) is 61.7 Å². The van der Waals surface area contributed by atoms with Crippen LogP contribution in [0.1, 0.15) is 35.8 Å². The summed E-state index contributed by atoms with van der Waals surface area (Å²) in [6, 6.07) is 4.16. The number of pyridine rings is 1. The van der Waals surface area contributed by atoms with Gasteiger partial charge in [0, 0.05) is 24.1 Å². The highest BCUT2D eigenvalue weighted by atomic mass is 19.4. The summed E-state index contributed by atoms with van der Waals surface area (Å²) in [6.45, 7) is 1.94. The first kappa shape index (κ1) is 27.3. The molecule has 1 aromatic carbocycles. The Balaban J connectivity index is 2.12. The van der Waals surface area contributed by atoms with Crippen molar-refractivity contribution in [2.45, 2.75) is 43.8 Å². The first-order valence-electron chi connectivity index (χ1n) is 10.6. The van der Waals surface area contributed by atoms with Crippen molar-refractivity contribution in [1.82, 2.24) is 4.98 Å². The van der Waals surface area contributed by atoms with E-state index in [9.17, 15) is 31.5 Å². The van der Waals surface area contributed by atoms with Crippen molar-refractivity contribution in [2.24, 2.45) is 0 Å². The lowest BCUT2D eigenvalue weighted by Gasteiger charge is -2.33. The van der Waals surface area contributed by atoms with Crippen LogP contribution in [0.2, 0.25) is 0 Å². The number of esters is 1. The van der Waals surface area contributed by atoms with Gasteiger partial charge in [-0.2, -0.15) is 17.6 Å². The number of alkyl halides is 3. The van der Waals surface area contributed by atoms with Crippen LogP contribution in [0.5, 0.6) is 5.75 Å². The highest BCUT2D eigenvalue weighted by Gasteiger charge is 2.68. The van der Waals surface area contributed by atoms with Gasteiger partial charge in [-0.3, -0.25) is 4.79 Å². The number of hydrogen-bond acceptors (Lipinski definition) is 7. The number of rotatable bonds is 7. The third kappa shape index (κ3) is 4.85. The Labute approximate surface area is 202 Å². The van der Waals surface area contributed by atoms with Crippen molar-refractivity contribution in [3.63, 3.8) is 0 Å². The van der Waals surface area contributed by atoms with Crippen LogP contribution in [0.25, 0.3) is 0 Å². The van der Waals surface area contributed by atoms with E-state index in [0.717, 1.165) is 26.4 Å². The monoisotopic (exact) mass is 518 g/mol. The molecule has 2 aromatic rings. The highest BCUT2D eigenvalue weighted by molar-refractivity contribution is 5.96. The van der Waals surface area contributed by atoms with Gasteiger partial charge in [0.1, 0.15) is 17.9 Å². The van der Waals surface area contributed by atoms with Crippen LogP contribution < -0.4 is 10.1 Å². The molecule has 1 amide bonds. The zero-order chi connectivity index (χ0) is 26.8. The van der Waals surface area contributed by atoms with Crippen molar-refractivity contribution in [2.75, 3.05) is 26.1 Å². The fourth-order valence-electron chi connectivity index (χ4n) is 4.07. The van der Waals surface area contributed by atoms with Gasteiger partial charge in [-0.1, -0.05) is 6.07 Å². The molecule has 196 valence electrons. The van der Waals surface area contributed by atoms with Crippen LogP contribution in [-0.2, 0) is 19.0 Å². The number of carbonyl (C=O) groups excluding carboxylic acids is 2. The van der Waals surface area contributed by atoms with E-state index < -0.39 is 59.2 Å². The van der Waals surface area contributed by atoms with Crippen LogP contribution in [0.15, 0.2) is 30.5 Å². The van der Waals surface area contributed by atoms with Crippen LogP contribution in [0.4, 0.5) is 27.6 Å². The van der Waals surface area contributed by atoms with Gasteiger partial charge in [-0.15, -0.1) is 0 Å². The molecule has 1 fully saturated rings. The van der Waals surface area contributed by atoms with E-state index in [1.807, 2.05) is 0 Å². The molecule has 36 heavy (non-hydrogen) atoms. The molecule has 1 aliphatic heterocycles. The summed E-state index contributed by atoms with van der Waals surface area (Å²) >= 11 is 0. The minimum Gasteiger partial charge on any atom is -0.493 e. The first-order valence-corrected chi connectivity index (χ1v) is 10.6. The lowest BCUT2D eigenvalue weighted by atomic mass is 9.82. The fraction of sp³-hybridized carbons (Fsp3) is 0.435. The molecule has 0 radical (unpaired) electrons. The number of ether oxygens (including phenoxy) is 4. The van der Waals surface area contributed by atoms with Gasteiger partial charge >= 0.3 is 12.1 Å². The summed E-state index contributed by atoms with van der Waals surface area (Å²) < 4.78 is 91.3. The molecule has 2 heterocycles. The predicted octanol–water partition coefficient (Wildman–Crippen LogP) is 4.00. The van der Waals surface area contributed by atoms with Crippen molar-refractivity contribution >= 4 is 17.6 Å². The second-order valence-electron chi connectivity index (χ2n) is 7.94. The molecular formula is C23H23F5N2O6. The summed E-state index contributed by atoms with van der Waals surface area (Å²) in [6.07, 6.45) is -7.56. The number of carbonyl (C=O) groups is 2. The predicted molar refractivity (Wildman–Crippen MR) is 115 cm³/mol. The topological polar surface area (TPSA) is 96.0 Å². The van der Waals surface area contributed by atoms with E-state index in [2.05, 4.69) is 15.0 Å². The first-order chi connectivity index (χ1) is 16.9. The molecule has 1 aromatic heterocycles. The van der Waals surface area contributed by atoms with E-state index in [1.54, 1.807) is 0 Å². The zero-order valence-corrected chi connectivity index (χ0v) is 19.6. The molecule has 0 unspecified atom stereocenters. The highest BCUT2D eigenvalue weighted by Crippen LogP contribution is 2.52. The fourth-order valence-corrected chi connectivity index (χ4v) is 4.07. The third-order valence-corrected chi connectivity index (χ3v) is 5.80. The van der Waals surface area contributed by atoms with Gasteiger partial charge in [-0.25, -0.2) is 14.2 Å². The number of hydrogen-bond donors (Lipinski definition) is 1. The summed E-state index contributed by atoms with van der Waals surface area (Å²) in [5.74, 6) is -6.87. The van der Waals surface area contributed by atoms with E-state index in [0.29, 0.717) is 13.0 Å². The largest absolute Gasteiger partial charge is 0.493 e. The molecule has 3 rings (SSSR count). The average Bonchev–Trinajstić information content (AvgIpc) is 3.14. The number of amides is 1. The Kier molecular flexibility index (Phi) is 7.84. The zero-order valence-electron chi connectivity index (χ0n) is 19.6. The van der Waals surface area contributed by atoms with Crippen molar-refractivity contribution in [3.05, 3.63) is 53.4 Å². The van der Waals surface area contributed by atoms with Gasteiger partial charge in [0.25, 0.3) is 5.91 Å². The molecule has 0 saturated carbocycles. The van der Waals surface area contributed by atoms with Gasteiger partial charge in [0.15, 0.2) is 17.2 Å². The number of halogens is 5. The summed E-state index contributed by atoms with van der Waals surface area (Å²) in [5.41, 5.74) is -3.42. The van der Waals surface area contributed by atoms with E-state index >= 15 is 0 Å². The minimum atomic E-state index is -5.01. The summed E-state index contributed by atoms with van der Waals surface area (Å²) in [4.78, 5) is 28.8. The van der Waals surface area contributed by atoms with Crippen LogP contribution in [0.3, 0.4) is 0 Å². The summed E-state index contributed by atoms with van der Waals surface area (Å²) in [5, 5.41) is 2.38. The smallest absolute Gasteiger partial charge is 0.419 e. The Morgan fingerprint density at radius 3 is 2.47 bits per heavy atom. The van der Waals surface area contributed by atoms with Crippen molar-refractivity contribution < 1.29 is 50.5 Å². The number of benzene rings is 1.